The van der Waals surface area contributed by atoms with Crippen LogP contribution in [0.4, 0.5) is 5.13 Å². The van der Waals surface area contributed by atoms with E-state index in [1.807, 2.05) is 0 Å². The standard InChI is InChI=1S/C14H16BrN3S/c15-10-1-2-11-13(7-10)19-14(16-11)17-12-8-18-5-3-9(12)4-6-18/h1-2,7,9,12H,3-6,8H2,(H,16,17). The number of anilines is 1. The molecular formula is C14H16BrN3S. The molecule has 4 heterocycles. The minimum absolute atomic E-state index is 0.589. The van der Waals surface area contributed by atoms with E-state index in [1.54, 1.807) is 11.3 Å². The van der Waals surface area contributed by atoms with E-state index in [1.165, 1.54) is 37.2 Å². The zero-order valence-electron chi connectivity index (χ0n) is 10.6. The Morgan fingerprint density at radius 2 is 2.16 bits per heavy atom. The molecule has 0 amide bonds. The van der Waals surface area contributed by atoms with Crippen LogP contribution >= 0.6 is 27.3 Å². The smallest absolute Gasteiger partial charge is 0.184 e. The van der Waals surface area contributed by atoms with Crippen LogP contribution in [-0.4, -0.2) is 35.6 Å². The SMILES string of the molecule is Brc1ccc2nc(NC3CN4CCC3CC4)sc2c1. The van der Waals surface area contributed by atoms with Crippen molar-refractivity contribution in [2.75, 3.05) is 25.0 Å². The number of nitrogens with zero attached hydrogens (tertiary/aromatic N) is 2. The van der Waals surface area contributed by atoms with Crippen molar-refractivity contribution in [1.29, 1.82) is 0 Å². The second-order valence-electron chi connectivity index (χ2n) is 5.52. The van der Waals surface area contributed by atoms with Gasteiger partial charge in [0.05, 0.1) is 10.2 Å². The van der Waals surface area contributed by atoms with E-state index in [0.29, 0.717) is 6.04 Å². The van der Waals surface area contributed by atoms with Crippen molar-refractivity contribution in [3.8, 4) is 0 Å². The molecule has 0 aliphatic carbocycles. The number of aromatic nitrogens is 1. The van der Waals surface area contributed by atoms with E-state index in [0.717, 1.165) is 21.0 Å². The fraction of sp³-hybridized carbons (Fsp3) is 0.500. The van der Waals surface area contributed by atoms with E-state index in [9.17, 15) is 0 Å². The molecule has 0 radical (unpaired) electrons. The molecule has 3 fully saturated rings. The number of hydrogen-bond acceptors (Lipinski definition) is 4. The monoisotopic (exact) mass is 337 g/mol. The molecule has 1 unspecified atom stereocenters. The minimum atomic E-state index is 0.589. The lowest BCUT2D eigenvalue weighted by atomic mass is 9.84. The average molecular weight is 338 g/mol. The van der Waals surface area contributed by atoms with Gasteiger partial charge in [-0.2, -0.15) is 0 Å². The van der Waals surface area contributed by atoms with Gasteiger partial charge in [0.15, 0.2) is 5.13 Å². The van der Waals surface area contributed by atoms with Crippen LogP contribution in [0.15, 0.2) is 22.7 Å². The second-order valence-corrected chi connectivity index (χ2v) is 7.47. The van der Waals surface area contributed by atoms with Crippen molar-refractivity contribution in [1.82, 2.24) is 9.88 Å². The van der Waals surface area contributed by atoms with Gasteiger partial charge in [0.2, 0.25) is 0 Å². The first-order valence-corrected chi connectivity index (χ1v) is 8.44. The van der Waals surface area contributed by atoms with Crippen molar-refractivity contribution >= 4 is 42.6 Å². The zero-order valence-corrected chi connectivity index (χ0v) is 13.0. The maximum absolute atomic E-state index is 4.70. The third-order valence-corrected chi connectivity index (χ3v) is 5.76. The predicted octanol–water partition coefficient (Wildman–Crippen LogP) is 3.56. The summed E-state index contributed by atoms with van der Waals surface area (Å²) in [6.07, 6.45) is 2.68. The Balaban J connectivity index is 1.58. The first-order valence-electron chi connectivity index (χ1n) is 6.83. The third kappa shape index (κ3) is 2.28. The Hall–Kier alpha value is -0.650. The Morgan fingerprint density at radius 1 is 1.32 bits per heavy atom. The number of hydrogen-bond donors (Lipinski definition) is 1. The maximum atomic E-state index is 4.70. The molecule has 3 aliphatic rings. The fourth-order valence-corrected chi connectivity index (χ4v) is 4.73. The third-order valence-electron chi connectivity index (χ3n) is 4.32. The summed E-state index contributed by atoms with van der Waals surface area (Å²) in [5.74, 6) is 0.837. The van der Waals surface area contributed by atoms with Crippen LogP contribution in [0.3, 0.4) is 0 Å². The molecule has 1 aromatic carbocycles. The highest BCUT2D eigenvalue weighted by Gasteiger charge is 2.34. The lowest BCUT2D eigenvalue weighted by molar-refractivity contribution is 0.0975. The topological polar surface area (TPSA) is 28.2 Å². The Bertz CT molecular complexity index is 604. The summed E-state index contributed by atoms with van der Waals surface area (Å²) in [6.45, 7) is 3.76. The molecule has 0 spiro atoms. The van der Waals surface area contributed by atoms with E-state index >= 15 is 0 Å². The molecule has 5 rings (SSSR count). The maximum Gasteiger partial charge on any atom is 0.184 e. The van der Waals surface area contributed by atoms with Gasteiger partial charge in [-0.25, -0.2) is 4.98 Å². The van der Waals surface area contributed by atoms with Crippen LogP contribution < -0.4 is 5.32 Å². The van der Waals surface area contributed by atoms with Crippen LogP contribution in [0.1, 0.15) is 12.8 Å². The average Bonchev–Trinajstić information content (AvgIpc) is 2.81. The molecule has 3 saturated heterocycles. The van der Waals surface area contributed by atoms with E-state index in [-0.39, 0.29) is 0 Å². The van der Waals surface area contributed by atoms with E-state index in [2.05, 4.69) is 44.3 Å². The van der Waals surface area contributed by atoms with E-state index in [4.69, 9.17) is 4.98 Å². The molecule has 0 saturated carbocycles. The number of benzene rings is 1. The fourth-order valence-electron chi connectivity index (χ4n) is 3.25. The minimum Gasteiger partial charge on any atom is -0.357 e. The van der Waals surface area contributed by atoms with Crippen LogP contribution in [0.5, 0.6) is 0 Å². The first kappa shape index (κ1) is 12.1. The lowest BCUT2D eigenvalue weighted by Gasteiger charge is -2.44. The molecule has 100 valence electrons. The van der Waals surface area contributed by atoms with Crippen LogP contribution in [0, 0.1) is 5.92 Å². The predicted molar refractivity (Wildman–Crippen MR) is 83.9 cm³/mol. The molecule has 5 heteroatoms. The van der Waals surface area contributed by atoms with Gasteiger partial charge in [-0.1, -0.05) is 27.3 Å². The molecule has 1 aromatic heterocycles. The van der Waals surface area contributed by atoms with Crippen molar-refractivity contribution in [2.45, 2.75) is 18.9 Å². The molecule has 3 aliphatic heterocycles. The summed E-state index contributed by atoms with van der Waals surface area (Å²) in [7, 11) is 0. The van der Waals surface area contributed by atoms with Gasteiger partial charge in [0, 0.05) is 17.1 Å². The molecule has 2 aromatic rings. The summed E-state index contributed by atoms with van der Waals surface area (Å²) in [4.78, 5) is 7.27. The molecule has 1 atom stereocenters. The van der Waals surface area contributed by atoms with Crippen molar-refractivity contribution < 1.29 is 0 Å². The zero-order chi connectivity index (χ0) is 12.8. The van der Waals surface area contributed by atoms with Crippen molar-refractivity contribution in [3.63, 3.8) is 0 Å². The van der Waals surface area contributed by atoms with Gasteiger partial charge >= 0.3 is 0 Å². The van der Waals surface area contributed by atoms with Crippen LogP contribution in [0.2, 0.25) is 0 Å². The second kappa shape index (κ2) is 4.72. The van der Waals surface area contributed by atoms with Gasteiger partial charge in [-0.3, -0.25) is 0 Å². The Labute approximate surface area is 125 Å². The lowest BCUT2D eigenvalue weighted by Crippen LogP contribution is -2.53. The van der Waals surface area contributed by atoms with Gasteiger partial charge in [-0.15, -0.1) is 0 Å². The van der Waals surface area contributed by atoms with Gasteiger partial charge in [0.1, 0.15) is 0 Å². The van der Waals surface area contributed by atoms with Crippen molar-refractivity contribution in [2.24, 2.45) is 5.92 Å². The van der Waals surface area contributed by atoms with Crippen LogP contribution in [-0.2, 0) is 0 Å². The highest BCUT2D eigenvalue weighted by Crippen LogP contribution is 2.33. The van der Waals surface area contributed by atoms with Gasteiger partial charge in [-0.05, 0) is 50.0 Å². The summed E-state index contributed by atoms with van der Waals surface area (Å²) in [5, 5.41) is 4.75. The molecular weight excluding hydrogens is 322 g/mol. The molecule has 1 N–H and O–H groups in total. The number of piperidine rings is 3. The highest BCUT2D eigenvalue weighted by molar-refractivity contribution is 9.10. The highest BCUT2D eigenvalue weighted by atomic mass is 79.9. The number of nitrogens with one attached hydrogen (secondary N) is 1. The van der Waals surface area contributed by atoms with Crippen LogP contribution in [0.25, 0.3) is 10.2 Å². The van der Waals surface area contributed by atoms with E-state index < -0.39 is 0 Å². The Morgan fingerprint density at radius 3 is 2.89 bits per heavy atom. The van der Waals surface area contributed by atoms with Gasteiger partial charge in [0.25, 0.3) is 0 Å². The van der Waals surface area contributed by atoms with Gasteiger partial charge < -0.3 is 10.2 Å². The summed E-state index contributed by atoms with van der Waals surface area (Å²) in [5.41, 5.74) is 1.09. The normalized spacial score (nSPS) is 29.8. The summed E-state index contributed by atoms with van der Waals surface area (Å²) < 4.78 is 2.37. The first-order chi connectivity index (χ1) is 9.28. The molecule has 2 bridgehead atoms. The molecule has 3 nitrogen and oxygen atoms in total. The summed E-state index contributed by atoms with van der Waals surface area (Å²) in [6, 6.07) is 6.87. The van der Waals surface area contributed by atoms with Crippen molar-refractivity contribution in [3.05, 3.63) is 22.7 Å². The molecule has 19 heavy (non-hydrogen) atoms. The number of thiazole rings is 1. The number of halogens is 1. The number of rotatable bonds is 2. The Kier molecular flexibility index (Phi) is 3.01. The largest absolute Gasteiger partial charge is 0.357 e. The number of fused-ring (bicyclic) bond motifs is 4. The quantitative estimate of drug-likeness (QED) is 0.907. The summed E-state index contributed by atoms with van der Waals surface area (Å²) >= 11 is 5.28.